The first kappa shape index (κ1) is 22.4. The molecule has 1 N–H and O–H groups in total. The van der Waals surface area contributed by atoms with Gasteiger partial charge in [-0.05, 0) is 29.7 Å². The molecule has 0 saturated carbocycles. The third-order valence-corrected chi connectivity index (χ3v) is 7.61. The van der Waals surface area contributed by atoms with Crippen LogP contribution in [0.1, 0.15) is 35.7 Å². The summed E-state index contributed by atoms with van der Waals surface area (Å²) in [7, 11) is -0.987. The zero-order chi connectivity index (χ0) is 22.1. The van der Waals surface area contributed by atoms with Gasteiger partial charge in [0.1, 0.15) is 9.90 Å². The standard InChI is InChI=1S/C20H21ClN4O3S2/c1-12(2)13-5-7-14(8-6-13)19-23-24-20(29-19)22-18(26)15-9-10-16(21)17(11-15)30(27,28)25(3)4/h5-12H,1-4H3,(H,22,24,26). The fraction of sp³-hybridized carbons (Fsp3) is 0.250. The van der Waals surface area contributed by atoms with E-state index in [-0.39, 0.29) is 15.5 Å². The molecule has 7 nitrogen and oxygen atoms in total. The van der Waals surface area contributed by atoms with Crippen LogP contribution in [0.5, 0.6) is 0 Å². The van der Waals surface area contributed by atoms with E-state index in [1.54, 1.807) is 0 Å². The SMILES string of the molecule is CC(C)c1ccc(-c2nnc(NC(=O)c3ccc(Cl)c(S(=O)(=O)N(C)C)c3)s2)cc1. The van der Waals surface area contributed by atoms with Gasteiger partial charge in [-0.1, -0.05) is 61.1 Å². The van der Waals surface area contributed by atoms with Crippen molar-refractivity contribution in [3.05, 3.63) is 58.6 Å². The number of rotatable bonds is 6. The average molecular weight is 465 g/mol. The first-order chi connectivity index (χ1) is 14.1. The number of aromatic nitrogens is 2. The lowest BCUT2D eigenvalue weighted by atomic mass is 10.0. The van der Waals surface area contributed by atoms with Crippen LogP contribution in [0, 0.1) is 0 Å². The van der Waals surface area contributed by atoms with Crippen LogP contribution in [0.4, 0.5) is 5.13 Å². The summed E-state index contributed by atoms with van der Waals surface area (Å²) in [5.41, 5.74) is 2.28. The Bertz CT molecular complexity index is 1170. The normalized spacial score (nSPS) is 11.8. The van der Waals surface area contributed by atoms with Gasteiger partial charge in [0.2, 0.25) is 15.2 Å². The van der Waals surface area contributed by atoms with E-state index in [2.05, 4.69) is 29.4 Å². The van der Waals surface area contributed by atoms with Gasteiger partial charge in [-0.15, -0.1) is 10.2 Å². The van der Waals surface area contributed by atoms with Crippen LogP contribution in [0.3, 0.4) is 0 Å². The summed E-state index contributed by atoms with van der Waals surface area (Å²) >= 11 is 7.27. The van der Waals surface area contributed by atoms with E-state index in [0.717, 1.165) is 9.87 Å². The van der Waals surface area contributed by atoms with Gasteiger partial charge in [0.15, 0.2) is 0 Å². The second kappa shape index (κ2) is 8.81. The second-order valence-electron chi connectivity index (χ2n) is 7.08. The first-order valence-corrected chi connectivity index (χ1v) is 11.7. The molecular weight excluding hydrogens is 444 g/mol. The summed E-state index contributed by atoms with van der Waals surface area (Å²) in [5, 5.41) is 11.8. The van der Waals surface area contributed by atoms with Crippen molar-refractivity contribution in [2.24, 2.45) is 0 Å². The maximum atomic E-state index is 12.6. The van der Waals surface area contributed by atoms with E-state index in [4.69, 9.17) is 11.6 Å². The van der Waals surface area contributed by atoms with E-state index in [1.165, 1.54) is 49.2 Å². The van der Waals surface area contributed by atoms with Gasteiger partial charge < -0.3 is 0 Å². The summed E-state index contributed by atoms with van der Waals surface area (Å²) < 4.78 is 25.8. The molecule has 0 aliphatic rings. The van der Waals surface area contributed by atoms with Gasteiger partial charge in [-0.3, -0.25) is 10.1 Å². The Labute approximate surface area is 184 Å². The van der Waals surface area contributed by atoms with E-state index >= 15 is 0 Å². The van der Waals surface area contributed by atoms with Gasteiger partial charge in [0.05, 0.1) is 5.02 Å². The van der Waals surface area contributed by atoms with Crippen molar-refractivity contribution < 1.29 is 13.2 Å². The van der Waals surface area contributed by atoms with Crippen LogP contribution in [-0.2, 0) is 10.0 Å². The van der Waals surface area contributed by atoms with E-state index in [9.17, 15) is 13.2 Å². The molecule has 0 radical (unpaired) electrons. The van der Waals surface area contributed by atoms with Crippen molar-refractivity contribution in [3.8, 4) is 10.6 Å². The number of carbonyl (C=O) groups excluding carboxylic acids is 1. The molecule has 158 valence electrons. The highest BCUT2D eigenvalue weighted by Gasteiger charge is 2.23. The van der Waals surface area contributed by atoms with Gasteiger partial charge in [-0.2, -0.15) is 0 Å². The molecule has 0 aliphatic carbocycles. The van der Waals surface area contributed by atoms with Crippen LogP contribution in [0.2, 0.25) is 5.02 Å². The third-order valence-electron chi connectivity index (χ3n) is 4.42. The van der Waals surface area contributed by atoms with Gasteiger partial charge in [0, 0.05) is 25.2 Å². The van der Waals surface area contributed by atoms with Crippen molar-refractivity contribution in [2.45, 2.75) is 24.7 Å². The fourth-order valence-corrected chi connectivity index (χ4v) is 4.75. The van der Waals surface area contributed by atoms with Crippen LogP contribution >= 0.6 is 22.9 Å². The number of anilines is 1. The Balaban J connectivity index is 1.81. The van der Waals surface area contributed by atoms with E-state index in [0.29, 0.717) is 16.1 Å². The average Bonchev–Trinajstić information content (AvgIpc) is 3.16. The Morgan fingerprint density at radius 1 is 1.10 bits per heavy atom. The number of nitrogens with one attached hydrogen (secondary N) is 1. The number of amides is 1. The number of hydrogen-bond acceptors (Lipinski definition) is 6. The molecule has 0 saturated heterocycles. The summed E-state index contributed by atoms with van der Waals surface area (Å²) in [6.45, 7) is 4.25. The van der Waals surface area contributed by atoms with Crippen LogP contribution in [-0.4, -0.2) is 42.9 Å². The molecule has 0 atom stereocenters. The predicted octanol–water partition coefficient (Wildman–Crippen LogP) is 4.48. The van der Waals surface area contributed by atoms with E-state index in [1.807, 2.05) is 24.3 Å². The predicted molar refractivity (Wildman–Crippen MR) is 120 cm³/mol. The Morgan fingerprint density at radius 3 is 2.37 bits per heavy atom. The van der Waals surface area contributed by atoms with Crippen LogP contribution in [0.25, 0.3) is 10.6 Å². The lowest BCUT2D eigenvalue weighted by Crippen LogP contribution is -2.23. The van der Waals surface area contributed by atoms with Crippen molar-refractivity contribution in [1.82, 2.24) is 14.5 Å². The molecule has 2 aromatic carbocycles. The fourth-order valence-electron chi connectivity index (χ4n) is 2.61. The van der Waals surface area contributed by atoms with Crippen LogP contribution in [0.15, 0.2) is 47.4 Å². The molecule has 0 fully saturated rings. The number of carbonyl (C=O) groups is 1. The molecule has 30 heavy (non-hydrogen) atoms. The molecular formula is C20H21ClN4O3S2. The van der Waals surface area contributed by atoms with E-state index < -0.39 is 15.9 Å². The van der Waals surface area contributed by atoms with Crippen LogP contribution < -0.4 is 5.32 Å². The lowest BCUT2D eigenvalue weighted by Gasteiger charge is -2.13. The largest absolute Gasteiger partial charge is 0.296 e. The maximum Gasteiger partial charge on any atom is 0.257 e. The molecule has 3 aromatic rings. The topological polar surface area (TPSA) is 92.3 Å². The lowest BCUT2D eigenvalue weighted by molar-refractivity contribution is 0.102. The summed E-state index contributed by atoms with van der Waals surface area (Å²) in [4.78, 5) is 12.5. The number of nitrogens with zero attached hydrogens (tertiary/aromatic N) is 3. The smallest absolute Gasteiger partial charge is 0.257 e. The third kappa shape index (κ3) is 4.70. The zero-order valence-corrected chi connectivity index (χ0v) is 19.3. The quantitative estimate of drug-likeness (QED) is 0.580. The number of halogens is 1. The molecule has 3 rings (SSSR count). The highest BCUT2D eigenvalue weighted by molar-refractivity contribution is 7.89. The molecule has 0 bridgehead atoms. The summed E-state index contributed by atoms with van der Waals surface area (Å²) in [6, 6.07) is 12.1. The molecule has 0 unspecified atom stereocenters. The minimum absolute atomic E-state index is 0.0447. The zero-order valence-electron chi connectivity index (χ0n) is 16.9. The highest BCUT2D eigenvalue weighted by atomic mass is 35.5. The summed E-state index contributed by atoms with van der Waals surface area (Å²) in [6.07, 6.45) is 0. The first-order valence-electron chi connectivity index (χ1n) is 9.07. The van der Waals surface area contributed by atoms with Gasteiger partial charge in [-0.25, -0.2) is 12.7 Å². The molecule has 1 amide bonds. The van der Waals surface area contributed by atoms with Crippen molar-refractivity contribution in [1.29, 1.82) is 0 Å². The Kier molecular flexibility index (Phi) is 6.56. The second-order valence-corrected chi connectivity index (χ2v) is 10.6. The maximum absolute atomic E-state index is 12.6. The number of hydrogen-bond donors (Lipinski definition) is 1. The highest BCUT2D eigenvalue weighted by Crippen LogP contribution is 2.29. The minimum Gasteiger partial charge on any atom is -0.296 e. The molecule has 10 heteroatoms. The molecule has 0 spiro atoms. The minimum atomic E-state index is -3.78. The summed E-state index contributed by atoms with van der Waals surface area (Å²) in [5.74, 6) is -0.0661. The van der Waals surface area contributed by atoms with Crippen molar-refractivity contribution in [2.75, 3.05) is 19.4 Å². The molecule has 0 aliphatic heterocycles. The number of benzene rings is 2. The van der Waals surface area contributed by atoms with Crippen molar-refractivity contribution >= 4 is 44.0 Å². The molecule has 1 aromatic heterocycles. The van der Waals surface area contributed by atoms with Gasteiger partial charge in [0.25, 0.3) is 5.91 Å². The van der Waals surface area contributed by atoms with Gasteiger partial charge >= 0.3 is 0 Å². The van der Waals surface area contributed by atoms with Crippen molar-refractivity contribution in [3.63, 3.8) is 0 Å². The Morgan fingerprint density at radius 2 is 1.77 bits per heavy atom. The monoisotopic (exact) mass is 464 g/mol. The number of sulfonamides is 1. The Hall–Kier alpha value is -2.33. The molecule has 1 heterocycles.